The highest BCUT2D eigenvalue weighted by atomic mass is 16.3. The van der Waals surface area contributed by atoms with Crippen molar-refractivity contribution in [2.75, 3.05) is 24.5 Å². The number of phenols is 1. The summed E-state index contributed by atoms with van der Waals surface area (Å²) in [5.41, 5.74) is 6.57. The van der Waals surface area contributed by atoms with Crippen molar-refractivity contribution in [2.24, 2.45) is 5.73 Å². The molecule has 0 unspecified atom stereocenters. The normalized spacial score (nSPS) is 10.1. The molecule has 0 aromatic heterocycles. The summed E-state index contributed by atoms with van der Waals surface area (Å²) in [5.74, 6) is 0.306. The Morgan fingerprint density at radius 1 is 1.36 bits per heavy atom. The molecule has 0 heterocycles. The second-order valence-electron chi connectivity index (χ2n) is 3.30. The third-order valence-electron chi connectivity index (χ3n) is 2.09. The molecule has 0 saturated carbocycles. The Labute approximate surface area is 85.2 Å². The lowest BCUT2D eigenvalue weighted by molar-refractivity contribution is 0.475. The molecule has 0 aliphatic heterocycles. The van der Waals surface area contributed by atoms with Crippen molar-refractivity contribution in [3.05, 3.63) is 24.3 Å². The maximum atomic E-state index is 9.34. The van der Waals surface area contributed by atoms with Crippen molar-refractivity contribution < 1.29 is 5.11 Å². The van der Waals surface area contributed by atoms with Gasteiger partial charge in [0.1, 0.15) is 5.75 Å². The van der Waals surface area contributed by atoms with E-state index < -0.39 is 0 Å². The molecule has 1 aromatic carbocycles. The summed E-state index contributed by atoms with van der Waals surface area (Å²) < 4.78 is 0. The Kier molecular flexibility index (Phi) is 4.26. The first-order valence-electron chi connectivity index (χ1n) is 5.02. The fraction of sp³-hybridized carbons (Fsp3) is 0.455. The van der Waals surface area contributed by atoms with Crippen LogP contribution in [-0.4, -0.2) is 24.7 Å². The van der Waals surface area contributed by atoms with Crippen LogP contribution >= 0.6 is 0 Å². The second kappa shape index (κ2) is 5.50. The lowest BCUT2D eigenvalue weighted by Gasteiger charge is -2.23. The number of phenolic OH excluding ortho intramolecular Hbond substituents is 1. The average molecular weight is 194 g/mol. The molecular weight excluding hydrogens is 176 g/mol. The summed E-state index contributed by atoms with van der Waals surface area (Å²) in [5, 5.41) is 9.34. The Hall–Kier alpha value is -1.22. The van der Waals surface area contributed by atoms with Gasteiger partial charge in [-0.05, 0) is 18.6 Å². The molecule has 0 fully saturated rings. The van der Waals surface area contributed by atoms with E-state index in [4.69, 9.17) is 5.73 Å². The number of benzene rings is 1. The molecule has 78 valence electrons. The summed E-state index contributed by atoms with van der Waals surface area (Å²) in [6, 6.07) is 7.29. The topological polar surface area (TPSA) is 49.5 Å². The fourth-order valence-electron chi connectivity index (χ4n) is 1.49. The van der Waals surface area contributed by atoms with E-state index in [1.807, 2.05) is 12.1 Å². The van der Waals surface area contributed by atoms with Crippen LogP contribution in [0.1, 0.15) is 13.3 Å². The number of hydrogen-bond acceptors (Lipinski definition) is 3. The molecular formula is C11H18N2O. The van der Waals surface area contributed by atoms with Crippen LogP contribution < -0.4 is 10.6 Å². The zero-order valence-electron chi connectivity index (χ0n) is 8.61. The van der Waals surface area contributed by atoms with Crippen LogP contribution in [0.3, 0.4) is 0 Å². The number of aromatic hydroxyl groups is 1. The predicted octanol–water partition coefficient (Wildman–Crippen LogP) is 1.57. The van der Waals surface area contributed by atoms with Crippen LogP contribution in [0.25, 0.3) is 0 Å². The van der Waals surface area contributed by atoms with E-state index >= 15 is 0 Å². The van der Waals surface area contributed by atoms with Crippen molar-refractivity contribution in [1.82, 2.24) is 0 Å². The Balaban J connectivity index is 2.75. The van der Waals surface area contributed by atoms with Crippen molar-refractivity contribution in [3.63, 3.8) is 0 Å². The van der Waals surface area contributed by atoms with Crippen LogP contribution in [0, 0.1) is 0 Å². The van der Waals surface area contributed by atoms with Crippen LogP contribution in [-0.2, 0) is 0 Å². The number of rotatable bonds is 5. The smallest absolute Gasteiger partial charge is 0.117 e. The molecule has 1 rings (SSSR count). The number of anilines is 1. The Morgan fingerprint density at radius 2 is 2.14 bits per heavy atom. The van der Waals surface area contributed by atoms with Gasteiger partial charge in [-0.3, -0.25) is 0 Å². The van der Waals surface area contributed by atoms with Gasteiger partial charge in [-0.25, -0.2) is 0 Å². The molecule has 0 radical (unpaired) electrons. The molecule has 0 atom stereocenters. The number of hydrogen-bond donors (Lipinski definition) is 2. The van der Waals surface area contributed by atoms with Gasteiger partial charge in [0.05, 0.1) is 0 Å². The third-order valence-corrected chi connectivity index (χ3v) is 2.09. The van der Waals surface area contributed by atoms with Crippen molar-refractivity contribution in [1.29, 1.82) is 0 Å². The summed E-state index contributed by atoms with van der Waals surface area (Å²) in [6.45, 7) is 4.57. The molecule has 0 aliphatic carbocycles. The van der Waals surface area contributed by atoms with Gasteiger partial charge in [0.2, 0.25) is 0 Å². The van der Waals surface area contributed by atoms with E-state index in [9.17, 15) is 5.11 Å². The van der Waals surface area contributed by atoms with Gasteiger partial charge in [0, 0.05) is 31.4 Å². The van der Waals surface area contributed by atoms with Gasteiger partial charge in [0.25, 0.3) is 0 Å². The lowest BCUT2D eigenvalue weighted by atomic mass is 10.2. The van der Waals surface area contributed by atoms with Gasteiger partial charge in [-0.1, -0.05) is 13.0 Å². The molecule has 14 heavy (non-hydrogen) atoms. The minimum absolute atomic E-state index is 0.306. The van der Waals surface area contributed by atoms with Crippen LogP contribution in [0.15, 0.2) is 24.3 Å². The molecule has 3 heteroatoms. The molecule has 0 spiro atoms. The highest BCUT2D eigenvalue weighted by Gasteiger charge is 2.04. The van der Waals surface area contributed by atoms with E-state index in [1.165, 1.54) is 0 Å². The quantitative estimate of drug-likeness (QED) is 0.748. The van der Waals surface area contributed by atoms with Crippen molar-refractivity contribution in [2.45, 2.75) is 13.3 Å². The Morgan fingerprint density at radius 3 is 2.71 bits per heavy atom. The zero-order chi connectivity index (χ0) is 10.4. The SMILES string of the molecule is CCCN(CCN)c1cccc(O)c1. The largest absolute Gasteiger partial charge is 0.508 e. The van der Waals surface area contributed by atoms with Gasteiger partial charge in [0.15, 0.2) is 0 Å². The summed E-state index contributed by atoms with van der Waals surface area (Å²) in [6.07, 6.45) is 1.08. The second-order valence-corrected chi connectivity index (χ2v) is 3.30. The maximum Gasteiger partial charge on any atom is 0.117 e. The first-order chi connectivity index (χ1) is 6.77. The molecule has 0 aliphatic rings. The maximum absolute atomic E-state index is 9.34. The van der Waals surface area contributed by atoms with E-state index in [0.717, 1.165) is 25.2 Å². The minimum Gasteiger partial charge on any atom is -0.508 e. The Bertz CT molecular complexity index is 270. The summed E-state index contributed by atoms with van der Waals surface area (Å²) in [7, 11) is 0. The molecule has 0 bridgehead atoms. The molecule has 0 saturated heterocycles. The van der Waals surface area contributed by atoms with Gasteiger partial charge in [-0.15, -0.1) is 0 Å². The molecule has 1 aromatic rings. The van der Waals surface area contributed by atoms with Crippen LogP contribution in [0.4, 0.5) is 5.69 Å². The standard InChI is InChI=1S/C11H18N2O/c1-2-7-13(8-6-12)10-4-3-5-11(14)9-10/h3-5,9,14H,2,6-8,12H2,1H3. The monoisotopic (exact) mass is 194 g/mol. The van der Waals surface area contributed by atoms with Crippen LogP contribution in [0.5, 0.6) is 5.75 Å². The fourth-order valence-corrected chi connectivity index (χ4v) is 1.49. The summed E-state index contributed by atoms with van der Waals surface area (Å²) >= 11 is 0. The molecule has 3 nitrogen and oxygen atoms in total. The van der Waals surface area contributed by atoms with Crippen LogP contribution in [0.2, 0.25) is 0 Å². The van der Waals surface area contributed by atoms with Gasteiger partial charge >= 0.3 is 0 Å². The van der Waals surface area contributed by atoms with Crippen molar-refractivity contribution >= 4 is 5.69 Å². The van der Waals surface area contributed by atoms with E-state index in [2.05, 4.69) is 11.8 Å². The summed E-state index contributed by atoms with van der Waals surface area (Å²) in [4.78, 5) is 2.18. The van der Waals surface area contributed by atoms with Crippen molar-refractivity contribution in [3.8, 4) is 5.75 Å². The van der Waals surface area contributed by atoms with Gasteiger partial charge in [-0.2, -0.15) is 0 Å². The highest BCUT2D eigenvalue weighted by molar-refractivity contribution is 5.50. The highest BCUT2D eigenvalue weighted by Crippen LogP contribution is 2.19. The number of nitrogens with zero attached hydrogens (tertiary/aromatic N) is 1. The predicted molar refractivity (Wildman–Crippen MR) is 59.7 cm³/mol. The molecule has 0 amide bonds. The molecule has 3 N–H and O–H groups in total. The minimum atomic E-state index is 0.306. The first kappa shape index (κ1) is 10.9. The number of nitrogens with two attached hydrogens (primary N) is 1. The third kappa shape index (κ3) is 2.92. The lowest BCUT2D eigenvalue weighted by Crippen LogP contribution is -2.29. The van der Waals surface area contributed by atoms with E-state index in [-0.39, 0.29) is 0 Å². The first-order valence-corrected chi connectivity index (χ1v) is 5.02. The van der Waals surface area contributed by atoms with Gasteiger partial charge < -0.3 is 15.7 Å². The zero-order valence-corrected chi connectivity index (χ0v) is 8.61. The van der Waals surface area contributed by atoms with E-state index in [0.29, 0.717) is 12.3 Å². The van der Waals surface area contributed by atoms with E-state index in [1.54, 1.807) is 12.1 Å². The average Bonchev–Trinajstić information content (AvgIpc) is 2.17.